The molecule has 1 aromatic rings. The minimum absolute atomic E-state index is 0.0453. The van der Waals surface area contributed by atoms with Crippen LogP contribution in [0.4, 0.5) is 0 Å². The summed E-state index contributed by atoms with van der Waals surface area (Å²) in [7, 11) is 0. The van der Waals surface area contributed by atoms with Crippen LogP contribution in [0.1, 0.15) is 45.2 Å². The number of Topliss-reactive ketones (excluding diaryl/α,β-unsaturated/α-hetero) is 1. The summed E-state index contributed by atoms with van der Waals surface area (Å²) in [6.45, 7) is 5.50. The first kappa shape index (κ1) is 17.4. The predicted octanol–water partition coefficient (Wildman–Crippen LogP) is 3.11. The molecule has 0 bridgehead atoms. The van der Waals surface area contributed by atoms with Crippen LogP contribution in [-0.2, 0) is 19.1 Å². The van der Waals surface area contributed by atoms with E-state index in [0.29, 0.717) is 11.6 Å². The fourth-order valence-electron chi connectivity index (χ4n) is 3.49. The predicted molar refractivity (Wildman–Crippen MR) is 89.6 cm³/mol. The van der Waals surface area contributed by atoms with E-state index in [1.165, 1.54) is 6.92 Å². The third-order valence-corrected chi connectivity index (χ3v) is 4.75. The van der Waals surface area contributed by atoms with E-state index in [1.807, 2.05) is 24.3 Å². The van der Waals surface area contributed by atoms with Gasteiger partial charge in [0.1, 0.15) is 0 Å². The highest BCUT2D eigenvalue weighted by Gasteiger charge is 2.50. The van der Waals surface area contributed by atoms with Gasteiger partial charge in [-0.15, -0.1) is 0 Å². The van der Waals surface area contributed by atoms with E-state index < -0.39 is 18.0 Å². The van der Waals surface area contributed by atoms with Crippen LogP contribution in [-0.4, -0.2) is 41.1 Å². The number of ether oxygens (including phenoxy) is 2. The second kappa shape index (κ2) is 6.47. The Morgan fingerprint density at radius 1 is 1.25 bits per heavy atom. The molecule has 24 heavy (non-hydrogen) atoms. The number of ketones is 1. The summed E-state index contributed by atoms with van der Waals surface area (Å²) >= 11 is 6.09. The first-order chi connectivity index (χ1) is 11.3. The van der Waals surface area contributed by atoms with Gasteiger partial charge in [0, 0.05) is 11.6 Å². The quantitative estimate of drug-likeness (QED) is 0.839. The summed E-state index contributed by atoms with van der Waals surface area (Å²) < 4.78 is 11.4. The van der Waals surface area contributed by atoms with Gasteiger partial charge in [-0.2, -0.15) is 0 Å². The maximum absolute atomic E-state index is 13.1. The summed E-state index contributed by atoms with van der Waals surface area (Å²) in [6, 6.07) is 7.51. The van der Waals surface area contributed by atoms with Gasteiger partial charge >= 0.3 is 0 Å². The third kappa shape index (κ3) is 3.34. The lowest BCUT2D eigenvalue weighted by molar-refractivity contribution is -0.163. The average molecular weight is 352 g/mol. The number of benzene rings is 1. The van der Waals surface area contributed by atoms with Crippen LogP contribution in [0.3, 0.4) is 0 Å². The first-order valence-electron chi connectivity index (χ1n) is 8.20. The van der Waals surface area contributed by atoms with E-state index in [0.717, 1.165) is 18.4 Å². The van der Waals surface area contributed by atoms with Crippen molar-refractivity contribution in [1.82, 2.24) is 4.90 Å². The molecule has 0 radical (unpaired) electrons. The van der Waals surface area contributed by atoms with E-state index in [2.05, 4.69) is 0 Å². The number of nitrogens with zero attached hydrogens (tertiary/aromatic N) is 1. The molecular weight excluding hydrogens is 330 g/mol. The summed E-state index contributed by atoms with van der Waals surface area (Å²) in [4.78, 5) is 26.7. The Balaban J connectivity index is 1.84. The van der Waals surface area contributed by atoms with Crippen molar-refractivity contribution in [3.63, 3.8) is 0 Å². The molecule has 0 aliphatic carbocycles. The highest BCUT2D eigenvalue weighted by molar-refractivity contribution is 6.30. The van der Waals surface area contributed by atoms with Crippen molar-refractivity contribution < 1.29 is 19.1 Å². The maximum atomic E-state index is 13.1. The molecule has 1 unspecified atom stereocenters. The van der Waals surface area contributed by atoms with Gasteiger partial charge in [0.2, 0.25) is 0 Å². The van der Waals surface area contributed by atoms with E-state index in [1.54, 1.807) is 18.7 Å². The Labute approximate surface area is 146 Å². The molecule has 0 saturated carbocycles. The van der Waals surface area contributed by atoms with Gasteiger partial charge in [0.05, 0.1) is 6.04 Å². The molecule has 2 aliphatic rings. The fraction of sp³-hybridized carbons (Fsp3) is 0.556. The van der Waals surface area contributed by atoms with Crippen LogP contribution in [0.25, 0.3) is 0 Å². The van der Waals surface area contributed by atoms with Crippen molar-refractivity contribution in [2.45, 2.75) is 57.6 Å². The van der Waals surface area contributed by atoms with Gasteiger partial charge in [-0.1, -0.05) is 23.7 Å². The van der Waals surface area contributed by atoms with Crippen molar-refractivity contribution in [3.05, 3.63) is 34.9 Å². The minimum Gasteiger partial charge on any atom is -0.336 e. The Morgan fingerprint density at radius 2 is 1.96 bits per heavy atom. The average Bonchev–Trinajstić information content (AvgIpc) is 3.10. The van der Waals surface area contributed by atoms with E-state index in [-0.39, 0.29) is 17.7 Å². The van der Waals surface area contributed by atoms with Gasteiger partial charge in [0.25, 0.3) is 5.91 Å². The first-order valence-corrected chi connectivity index (χ1v) is 8.58. The third-order valence-electron chi connectivity index (χ3n) is 4.51. The number of likely N-dealkylation sites (tertiary alicyclic amines) is 1. The second-order valence-electron chi connectivity index (χ2n) is 6.83. The van der Waals surface area contributed by atoms with Gasteiger partial charge in [-0.25, -0.2) is 0 Å². The molecule has 6 heteroatoms. The van der Waals surface area contributed by atoms with Crippen molar-refractivity contribution in [3.8, 4) is 0 Å². The fourth-order valence-corrected chi connectivity index (χ4v) is 3.69. The summed E-state index contributed by atoms with van der Waals surface area (Å²) in [5.74, 6) is -1.33. The highest BCUT2D eigenvalue weighted by Crippen LogP contribution is 2.36. The zero-order chi connectivity index (χ0) is 17.5. The van der Waals surface area contributed by atoms with Gasteiger partial charge in [0.15, 0.2) is 23.8 Å². The lowest BCUT2D eigenvalue weighted by atomic mass is 10.0. The van der Waals surface area contributed by atoms with Gasteiger partial charge in [-0.3, -0.25) is 9.59 Å². The number of carbonyl (C=O) groups excluding carboxylic acids is 2. The molecule has 5 nitrogen and oxygen atoms in total. The standard InChI is InChI=1S/C18H22ClNO4/c1-11(21)15-16(24-18(2,3)23-15)17(22)20-9-5-8-14(20)12-6-4-7-13(19)10-12/h4,6-7,10,14-16H,5,8-9H2,1-3H3/t14?,15-,16+/m0/s1. The Kier molecular flexibility index (Phi) is 4.69. The number of amides is 1. The molecule has 1 aromatic carbocycles. The lowest BCUT2D eigenvalue weighted by Gasteiger charge is -2.28. The Morgan fingerprint density at radius 3 is 2.62 bits per heavy atom. The molecule has 2 fully saturated rings. The highest BCUT2D eigenvalue weighted by atomic mass is 35.5. The molecule has 0 aromatic heterocycles. The van der Waals surface area contributed by atoms with Crippen LogP contribution < -0.4 is 0 Å². The lowest BCUT2D eigenvalue weighted by Crippen LogP contribution is -2.45. The van der Waals surface area contributed by atoms with Crippen molar-refractivity contribution in [1.29, 1.82) is 0 Å². The molecule has 1 amide bonds. The summed E-state index contributed by atoms with van der Waals surface area (Å²) in [6.07, 6.45) is 0.0312. The summed E-state index contributed by atoms with van der Waals surface area (Å²) in [5.41, 5.74) is 1.01. The number of halogens is 1. The topological polar surface area (TPSA) is 55.8 Å². The van der Waals surface area contributed by atoms with Crippen LogP contribution in [0.5, 0.6) is 0 Å². The van der Waals surface area contributed by atoms with Crippen LogP contribution in [0, 0.1) is 0 Å². The molecule has 0 spiro atoms. The second-order valence-corrected chi connectivity index (χ2v) is 7.27. The molecule has 2 heterocycles. The number of rotatable bonds is 3. The monoisotopic (exact) mass is 351 g/mol. The zero-order valence-corrected chi connectivity index (χ0v) is 14.9. The van der Waals surface area contributed by atoms with E-state index >= 15 is 0 Å². The number of carbonyl (C=O) groups is 2. The molecule has 2 saturated heterocycles. The molecule has 3 atom stereocenters. The van der Waals surface area contributed by atoms with Crippen molar-refractivity contribution in [2.24, 2.45) is 0 Å². The molecular formula is C18H22ClNO4. The molecule has 3 rings (SSSR count). The van der Waals surface area contributed by atoms with Crippen molar-refractivity contribution in [2.75, 3.05) is 6.54 Å². The van der Waals surface area contributed by atoms with Crippen LogP contribution >= 0.6 is 11.6 Å². The van der Waals surface area contributed by atoms with Crippen LogP contribution in [0.2, 0.25) is 5.02 Å². The van der Waals surface area contributed by atoms with Crippen molar-refractivity contribution >= 4 is 23.3 Å². The maximum Gasteiger partial charge on any atom is 0.255 e. The van der Waals surface area contributed by atoms with Gasteiger partial charge < -0.3 is 14.4 Å². The van der Waals surface area contributed by atoms with Crippen LogP contribution in [0.15, 0.2) is 24.3 Å². The van der Waals surface area contributed by atoms with Gasteiger partial charge in [-0.05, 0) is 51.3 Å². The molecule has 0 N–H and O–H groups in total. The van der Waals surface area contributed by atoms with E-state index in [9.17, 15) is 9.59 Å². The SMILES string of the molecule is CC(=O)[C@@H]1OC(C)(C)O[C@H]1C(=O)N1CCCC1c1cccc(Cl)c1. The summed E-state index contributed by atoms with van der Waals surface area (Å²) in [5, 5.41) is 0.648. The Bertz CT molecular complexity index is 660. The zero-order valence-electron chi connectivity index (χ0n) is 14.1. The normalized spacial score (nSPS) is 29.0. The smallest absolute Gasteiger partial charge is 0.255 e. The van der Waals surface area contributed by atoms with E-state index in [4.69, 9.17) is 21.1 Å². The number of hydrogen-bond donors (Lipinski definition) is 0. The Hall–Kier alpha value is -1.43. The molecule has 2 aliphatic heterocycles. The number of hydrogen-bond acceptors (Lipinski definition) is 4. The molecule has 130 valence electrons. The largest absolute Gasteiger partial charge is 0.336 e. The minimum atomic E-state index is -0.943.